The molecule has 0 saturated carbocycles. The van der Waals surface area contributed by atoms with Crippen LogP contribution in [0.25, 0.3) is 0 Å². The number of halogens is 2. The molecule has 2 N–H and O–H groups in total. The molecule has 0 bridgehead atoms. The molecule has 3 rings (SSSR count). The van der Waals surface area contributed by atoms with E-state index in [2.05, 4.69) is 42.7 Å². The Morgan fingerprint density at radius 1 is 1.10 bits per heavy atom. The largest absolute Gasteiger partial charge is 0.483 e. The number of hydrogen-bond acceptors (Lipinski definition) is 4. The molecular formula is C20H19Br2N3O4. The molecule has 0 aromatic heterocycles. The third kappa shape index (κ3) is 6.04. The molecule has 1 aliphatic heterocycles. The summed E-state index contributed by atoms with van der Waals surface area (Å²) < 4.78 is 6.99. The fourth-order valence-electron chi connectivity index (χ4n) is 2.91. The monoisotopic (exact) mass is 523 g/mol. The van der Waals surface area contributed by atoms with Gasteiger partial charge in [0.1, 0.15) is 5.75 Å². The number of carbonyl (C=O) groups is 3. The summed E-state index contributed by atoms with van der Waals surface area (Å²) in [6.45, 7) is 0.522. The van der Waals surface area contributed by atoms with Crippen molar-refractivity contribution in [2.45, 2.75) is 13.0 Å². The Labute approximate surface area is 185 Å². The summed E-state index contributed by atoms with van der Waals surface area (Å²) in [6.07, 6.45) is 0.122. The third-order valence-corrected chi connectivity index (χ3v) is 5.49. The quantitative estimate of drug-likeness (QED) is 0.569. The van der Waals surface area contributed by atoms with E-state index in [0.717, 1.165) is 10.0 Å². The molecule has 1 fully saturated rings. The van der Waals surface area contributed by atoms with Crippen molar-refractivity contribution in [3.05, 3.63) is 63.0 Å². The lowest BCUT2D eigenvalue weighted by atomic mass is 10.1. The second-order valence-corrected chi connectivity index (χ2v) is 8.33. The highest BCUT2D eigenvalue weighted by Gasteiger charge is 2.34. The highest BCUT2D eigenvalue weighted by molar-refractivity contribution is 9.11. The molecule has 152 valence electrons. The molecule has 29 heavy (non-hydrogen) atoms. The van der Waals surface area contributed by atoms with Gasteiger partial charge in [-0.1, -0.05) is 46.3 Å². The van der Waals surface area contributed by atoms with Gasteiger partial charge in [-0.2, -0.15) is 0 Å². The predicted octanol–water partition coefficient (Wildman–Crippen LogP) is 2.79. The average molecular weight is 525 g/mol. The Hall–Kier alpha value is -2.39. The number of nitrogens with zero attached hydrogens (tertiary/aromatic N) is 1. The van der Waals surface area contributed by atoms with Crippen LogP contribution in [0, 0.1) is 5.92 Å². The Balaban J connectivity index is 1.43. The molecule has 0 spiro atoms. The summed E-state index contributed by atoms with van der Waals surface area (Å²) in [7, 11) is 0. The van der Waals surface area contributed by atoms with Gasteiger partial charge in [-0.05, 0) is 39.7 Å². The van der Waals surface area contributed by atoms with Crippen molar-refractivity contribution in [1.82, 2.24) is 15.8 Å². The zero-order chi connectivity index (χ0) is 20.8. The second-order valence-electron chi connectivity index (χ2n) is 6.56. The minimum Gasteiger partial charge on any atom is -0.483 e. The molecule has 2 aromatic rings. The number of carbonyl (C=O) groups excluding carboxylic acids is 3. The zero-order valence-corrected chi connectivity index (χ0v) is 18.5. The van der Waals surface area contributed by atoms with Crippen molar-refractivity contribution in [1.29, 1.82) is 0 Å². The molecular weight excluding hydrogens is 506 g/mol. The molecule has 1 heterocycles. The minimum absolute atomic E-state index is 0.0799. The Bertz CT molecular complexity index is 908. The molecule has 2 aromatic carbocycles. The summed E-state index contributed by atoms with van der Waals surface area (Å²) in [5.74, 6) is -0.977. The van der Waals surface area contributed by atoms with Crippen molar-refractivity contribution in [3.63, 3.8) is 0 Å². The predicted molar refractivity (Wildman–Crippen MR) is 114 cm³/mol. The number of benzene rings is 2. The summed E-state index contributed by atoms with van der Waals surface area (Å²) in [6, 6.07) is 14.9. The van der Waals surface area contributed by atoms with Gasteiger partial charge in [0, 0.05) is 24.0 Å². The number of likely N-dealkylation sites (tertiary alicyclic amines) is 1. The van der Waals surface area contributed by atoms with E-state index in [4.69, 9.17) is 4.74 Å². The van der Waals surface area contributed by atoms with Crippen molar-refractivity contribution in [2.24, 2.45) is 5.92 Å². The van der Waals surface area contributed by atoms with Gasteiger partial charge in [-0.3, -0.25) is 25.2 Å². The number of amides is 3. The van der Waals surface area contributed by atoms with Crippen LogP contribution in [0.2, 0.25) is 0 Å². The van der Waals surface area contributed by atoms with E-state index in [9.17, 15) is 14.4 Å². The lowest BCUT2D eigenvalue weighted by molar-refractivity contribution is -0.132. The highest BCUT2D eigenvalue weighted by atomic mass is 79.9. The molecule has 7 nitrogen and oxygen atoms in total. The maximum Gasteiger partial charge on any atom is 0.276 e. The van der Waals surface area contributed by atoms with E-state index in [1.54, 1.807) is 23.1 Å². The smallest absolute Gasteiger partial charge is 0.276 e. The molecule has 1 unspecified atom stereocenters. The Morgan fingerprint density at radius 3 is 2.59 bits per heavy atom. The first kappa shape index (κ1) is 21.3. The van der Waals surface area contributed by atoms with E-state index in [1.807, 2.05) is 30.3 Å². The number of nitrogens with one attached hydrogen (secondary N) is 2. The van der Waals surface area contributed by atoms with Crippen LogP contribution in [-0.2, 0) is 20.9 Å². The molecule has 9 heteroatoms. The van der Waals surface area contributed by atoms with Crippen LogP contribution in [0.3, 0.4) is 0 Å². The van der Waals surface area contributed by atoms with Crippen molar-refractivity contribution >= 4 is 49.6 Å². The number of rotatable bonds is 6. The first-order valence-electron chi connectivity index (χ1n) is 8.90. The zero-order valence-electron chi connectivity index (χ0n) is 15.4. The van der Waals surface area contributed by atoms with Gasteiger partial charge < -0.3 is 9.64 Å². The van der Waals surface area contributed by atoms with Gasteiger partial charge in [-0.15, -0.1) is 0 Å². The van der Waals surface area contributed by atoms with Gasteiger partial charge in [0.05, 0.1) is 10.4 Å². The average Bonchev–Trinajstić information content (AvgIpc) is 3.06. The molecule has 1 aliphatic rings. The fourth-order valence-corrected chi connectivity index (χ4v) is 4.07. The van der Waals surface area contributed by atoms with Gasteiger partial charge in [0.2, 0.25) is 11.8 Å². The molecule has 0 radical (unpaired) electrons. The first-order valence-corrected chi connectivity index (χ1v) is 10.5. The topological polar surface area (TPSA) is 87.7 Å². The lowest BCUT2D eigenvalue weighted by Crippen LogP contribution is -2.46. The SMILES string of the molecule is O=C(COc1ccc(Br)cc1Br)NNC(=O)C1CC(=O)N(Cc2ccccc2)C1. The molecule has 0 aliphatic carbocycles. The Kier molecular flexibility index (Phi) is 7.27. The fraction of sp³-hybridized carbons (Fsp3) is 0.250. The first-order chi connectivity index (χ1) is 13.9. The maximum atomic E-state index is 12.3. The van der Waals surface area contributed by atoms with Crippen LogP contribution in [0.1, 0.15) is 12.0 Å². The van der Waals surface area contributed by atoms with E-state index in [-0.39, 0.29) is 18.9 Å². The maximum absolute atomic E-state index is 12.3. The van der Waals surface area contributed by atoms with Crippen LogP contribution in [0.15, 0.2) is 57.5 Å². The molecule has 1 atom stereocenters. The van der Waals surface area contributed by atoms with Crippen molar-refractivity contribution in [3.8, 4) is 5.75 Å². The van der Waals surface area contributed by atoms with Gasteiger partial charge in [0.25, 0.3) is 5.91 Å². The third-order valence-electron chi connectivity index (χ3n) is 4.38. The summed E-state index contributed by atoms with van der Waals surface area (Å²) in [5, 5.41) is 0. The molecule has 1 saturated heterocycles. The van der Waals surface area contributed by atoms with E-state index in [1.165, 1.54) is 0 Å². The van der Waals surface area contributed by atoms with Crippen LogP contribution in [0.4, 0.5) is 0 Å². The summed E-state index contributed by atoms with van der Waals surface area (Å²) >= 11 is 6.68. The van der Waals surface area contributed by atoms with Crippen molar-refractivity contribution < 1.29 is 19.1 Å². The highest BCUT2D eigenvalue weighted by Crippen LogP contribution is 2.28. The molecule has 3 amide bonds. The standard InChI is InChI=1S/C20H19Br2N3O4/c21-15-6-7-17(16(22)9-15)29-12-18(26)23-24-20(28)14-8-19(27)25(11-14)10-13-4-2-1-3-5-13/h1-7,9,14H,8,10-12H2,(H,23,26)(H,24,28). The number of ether oxygens (including phenoxy) is 1. The minimum atomic E-state index is -0.506. The van der Waals surface area contributed by atoms with Crippen LogP contribution < -0.4 is 15.6 Å². The normalized spacial score (nSPS) is 15.9. The number of hydrazine groups is 1. The summed E-state index contributed by atoms with van der Waals surface area (Å²) in [4.78, 5) is 38.1. The van der Waals surface area contributed by atoms with Gasteiger partial charge >= 0.3 is 0 Å². The van der Waals surface area contributed by atoms with Crippen LogP contribution in [0.5, 0.6) is 5.75 Å². The van der Waals surface area contributed by atoms with E-state index < -0.39 is 17.7 Å². The summed E-state index contributed by atoms with van der Waals surface area (Å²) in [5.41, 5.74) is 5.70. The van der Waals surface area contributed by atoms with Gasteiger partial charge in [-0.25, -0.2) is 0 Å². The van der Waals surface area contributed by atoms with E-state index in [0.29, 0.717) is 23.3 Å². The lowest BCUT2D eigenvalue weighted by Gasteiger charge is -2.17. The van der Waals surface area contributed by atoms with E-state index >= 15 is 0 Å². The van der Waals surface area contributed by atoms with Crippen molar-refractivity contribution in [2.75, 3.05) is 13.2 Å². The van der Waals surface area contributed by atoms with Gasteiger partial charge in [0.15, 0.2) is 6.61 Å². The van der Waals surface area contributed by atoms with Crippen LogP contribution >= 0.6 is 31.9 Å². The second kappa shape index (κ2) is 9.89. The van der Waals surface area contributed by atoms with Crippen LogP contribution in [-0.4, -0.2) is 35.8 Å². The Morgan fingerprint density at radius 2 is 1.86 bits per heavy atom. The number of hydrogen-bond donors (Lipinski definition) is 2.